The predicted molar refractivity (Wildman–Crippen MR) is 63.8 cm³/mol. The van der Waals surface area contributed by atoms with E-state index in [9.17, 15) is 4.79 Å². The molecular formula is C14H20O. The standard InChI is InChI=1S/C14H20O/c1-2-13(12-15)8-6-7-11-14-9-4-3-5-10-14/h3-5,9-10,12-13H,2,6-8,11H2,1H3. The predicted octanol–water partition coefficient (Wildman–Crippen LogP) is 3.62. The smallest absolute Gasteiger partial charge is 0.123 e. The van der Waals surface area contributed by atoms with E-state index in [-0.39, 0.29) is 5.92 Å². The first kappa shape index (κ1) is 12.0. The summed E-state index contributed by atoms with van der Waals surface area (Å²) in [4.78, 5) is 10.6. The summed E-state index contributed by atoms with van der Waals surface area (Å²) in [7, 11) is 0. The Hall–Kier alpha value is -1.11. The zero-order valence-corrected chi connectivity index (χ0v) is 9.49. The number of hydrogen-bond acceptors (Lipinski definition) is 1. The maximum Gasteiger partial charge on any atom is 0.123 e. The summed E-state index contributed by atoms with van der Waals surface area (Å²) in [5, 5.41) is 0. The van der Waals surface area contributed by atoms with Crippen LogP contribution >= 0.6 is 0 Å². The summed E-state index contributed by atoms with van der Waals surface area (Å²) in [6, 6.07) is 10.5. The van der Waals surface area contributed by atoms with Crippen molar-refractivity contribution >= 4 is 6.29 Å². The second-order valence-electron chi connectivity index (χ2n) is 4.04. The van der Waals surface area contributed by atoms with Crippen molar-refractivity contribution in [1.82, 2.24) is 0 Å². The number of carbonyl (C=O) groups excluding carboxylic acids is 1. The Morgan fingerprint density at radius 2 is 1.93 bits per heavy atom. The van der Waals surface area contributed by atoms with E-state index in [1.165, 1.54) is 12.0 Å². The van der Waals surface area contributed by atoms with Crippen LogP contribution in [-0.2, 0) is 11.2 Å². The Morgan fingerprint density at radius 1 is 1.20 bits per heavy atom. The molecule has 0 aliphatic carbocycles. The minimum Gasteiger partial charge on any atom is -0.303 e. The lowest BCUT2D eigenvalue weighted by molar-refractivity contribution is -0.111. The molecule has 0 radical (unpaired) electrons. The molecule has 0 N–H and O–H groups in total. The Morgan fingerprint density at radius 3 is 2.53 bits per heavy atom. The summed E-state index contributed by atoms with van der Waals surface area (Å²) in [5.74, 6) is 0.278. The summed E-state index contributed by atoms with van der Waals surface area (Å²) < 4.78 is 0. The van der Waals surface area contributed by atoms with Gasteiger partial charge in [-0.2, -0.15) is 0 Å². The quantitative estimate of drug-likeness (QED) is 0.489. The van der Waals surface area contributed by atoms with E-state index in [4.69, 9.17) is 0 Å². The van der Waals surface area contributed by atoms with E-state index in [1.54, 1.807) is 0 Å². The van der Waals surface area contributed by atoms with E-state index in [1.807, 2.05) is 6.07 Å². The molecule has 0 heterocycles. The van der Waals surface area contributed by atoms with Gasteiger partial charge in [0.2, 0.25) is 0 Å². The number of aryl methyl sites for hydroxylation is 1. The van der Waals surface area contributed by atoms with E-state index >= 15 is 0 Å². The molecule has 0 aliphatic heterocycles. The number of hydrogen-bond donors (Lipinski definition) is 0. The highest BCUT2D eigenvalue weighted by molar-refractivity contribution is 5.53. The Bertz CT molecular complexity index is 266. The number of aldehydes is 1. The van der Waals surface area contributed by atoms with Crippen molar-refractivity contribution < 1.29 is 4.79 Å². The molecule has 0 fully saturated rings. The molecule has 1 atom stereocenters. The molecule has 0 aromatic heterocycles. The highest BCUT2D eigenvalue weighted by Gasteiger charge is 2.03. The first-order chi connectivity index (χ1) is 7.36. The van der Waals surface area contributed by atoms with Crippen molar-refractivity contribution in [2.45, 2.75) is 39.0 Å². The van der Waals surface area contributed by atoms with Crippen molar-refractivity contribution in [1.29, 1.82) is 0 Å². The van der Waals surface area contributed by atoms with Gasteiger partial charge < -0.3 is 4.79 Å². The van der Waals surface area contributed by atoms with Gasteiger partial charge >= 0.3 is 0 Å². The van der Waals surface area contributed by atoms with Crippen LogP contribution in [0.5, 0.6) is 0 Å². The van der Waals surface area contributed by atoms with Gasteiger partial charge in [-0.25, -0.2) is 0 Å². The number of benzene rings is 1. The molecule has 1 rings (SSSR count). The molecule has 0 amide bonds. The molecular weight excluding hydrogens is 184 g/mol. The topological polar surface area (TPSA) is 17.1 Å². The fourth-order valence-corrected chi connectivity index (χ4v) is 1.75. The molecule has 0 aliphatic rings. The third-order valence-electron chi connectivity index (χ3n) is 2.85. The van der Waals surface area contributed by atoms with E-state index in [0.717, 1.165) is 32.0 Å². The fourth-order valence-electron chi connectivity index (χ4n) is 1.75. The van der Waals surface area contributed by atoms with Gasteiger partial charge in [0.05, 0.1) is 0 Å². The molecule has 1 nitrogen and oxygen atoms in total. The Kier molecular flexibility index (Phi) is 5.76. The second kappa shape index (κ2) is 7.22. The minimum atomic E-state index is 0.278. The van der Waals surface area contributed by atoms with Crippen LogP contribution in [-0.4, -0.2) is 6.29 Å². The molecule has 0 spiro atoms. The third-order valence-corrected chi connectivity index (χ3v) is 2.85. The van der Waals surface area contributed by atoms with Crippen molar-refractivity contribution in [2.24, 2.45) is 5.92 Å². The number of carbonyl (C=O) groups is 1. The lowest BCUT2D eigenvalue weighted by Crippen LogP contribution is -2.00. The molecule has 0 saturated carbocycles. The van der Waals surface area contributed by atoms with Crippen LogP contribution in [0.4, 0.5) is 0 Å². The summed E-state index contributed by atoms with van der Waals surface area (Å²) in [6.45, 7) is 2.08. The number of rotatable bonds is 7. The Balaban J connectivity index is 2.14. The molecule has 1 aromatic rings. The lowest BCUT2D eigenvalue weighted by atomic mass is 9.99. The van der Waals surface area contributed by atoms with Gasteiger partial charge in [0.15, 0.2) is 0 Å². The average Bonchev–Trinajstić information content (AvgIpc) is 2.31. The van der Waals surface area contributed by atoms with E-state index in [2.05, 4.69) is 31.2 Å². The SMILES string of the molecule is CCC(C=O)CCCCc1ccccc1. The van der Waals surface area contributed by atoms with Crippen LogP contribution in [0.2, 0.25) is 0 Å². The van der Waals surface area contributed by atoms with Gasteiger partial charge in [-0.05, 0) is 31.2 Å². The van der Waals surface area contributed by atoms with Crippen molar-refractivity contribution in [3.8, 4) is 0 Å². The molecule has 1 heteroatoms. The van der Waals surface area contributed by atoms with Gasteiger partial charge in [-0.3, -0.25) is 0 Å². The highest BCUT2D eigenvalue weighted by Crippen LogP contribution is 2.12. The molecule has 15 heavy (non-hydrogen) atoms. The molecule has 1 aromatic carbocycles. The van der Waals surface area contributed by atoms with Crippen LogP contribution in [0, 0.1) is 5.92 Å². The van der Waals surface area contributed by atoms with Gasteiger partial charge in [0, 0.05) is 5.92 Å². The third kappa shape index (κ3) is 4.78. The van der Waals surface area contributed by atoms with E-state index < -0.39 is 0 Å². The van der Waals surface area contributed by atoms with Gasteiger partial charge in [-0.1, -0.05) is 43.7 Å². The van der Waals surface area contributed by atoms with Crippen LogP contribution < -0.4 is 0 Å². The lowest BCUT2D eigenvalue weighted by Gasteiger charge is -2.06. The maximum absolute atomic E-state index is 10.6. The second-order valence-corrected chi connectivity index (χ2v) is 4.04. The van der Waals surface area contributed by atoms with Crippen molar-refractivity contribution in [3.63, 3.8) is 0 Å². The number of unbranched alkanes of at least 4 members (excludes halogenated alkanes) is 1. The normalized spacial score (nSPS) is 12.3. The van der Waals surface area contributed by atoms with Gasteiger partial charge in [0.1, 0.15) is 6.29 Å². The van der Waals surface area contributed by atoms with Gasteiger partial charge in [-0.15, -0.1) is 0 Å². The summed E-state index contributed by atoms with van der Waals surface area (Å²) >= 11 is 0. The van der Waals surface area contributed by atoms with E-state index in [0.29, 0.717) is 0 Å². The highest BCUT2D eigenvalue weighted by atomic mass is 16.1. The van der Waals surface area contributed by atoms with Crippen LogP contribution in [0.1, 0.15) is 38.2 Å². The van der Waals surface area contributed by atoms with Crippen LogP contribution in [0.3, 0.4) is 0 Å². The molecule has 82 valence electrons. The van der Waals surface area contributed by atoms with Gasteiger partial charge in [0.25, 0.3) is 0 Å². The minimum absolute atomic E-state index is 0.278. The first-order valence-corrected chi connectivity index (χ1v) is 5.86. The zero-order chi connectivity index (χ0) is 10.9. The maximum atomic E-state index is 10.6. The monoisotopic (exact) mass is 204 g/mol. The molecule has 1 unspecified atom stereocenters. The fraction of sp³-hybridized carbons (Fsp3) is 0.500. The largest absolute Gasteiger partial charge is 0.303 e. The molecule has 0 saturated heterocycles. The summed E-state index contributed by atoms with van der Waals surface area (Å²) in [5.41, 5.74) is 1.40. The summed E-state index contributed by atoms with van der Waals surface area (Å²) in [6.07, 6.45) is 6.61. The van der Waals surface area contributed by atoms with Crippen molar-refractivity contribution in [2.75, 3.05) is 0 Å². The van der Waals surface area contributed by atoms with Crippen molar-refractivity contribution in [3.05, 3.63) is 35.9 Å². The van der Waals surface area contributed by atoms with Crippen LogP contribution in [0.15, 0.2) is 30.3 Å². The molecule has 0 bridgehead atoms. The zero-order valence-electron chi connectivity index (χ0n) is 9.49. The van der Waals surface area contributed by atoms with Crippen LogP contribution in [0.25, 0.3) is 0 Å². The Labute approximate surface area is 92.5 Å². The first-order valence-electron chi connectivity index (χ1n) is 5.86. The average molecular weight is 204 g/mol.